The Morgan fingerprint density at radius 1 is 0.895 bits per heavy atom. The van der Waals surface area contributed by atoms with Gasteiger partial charge in [0.2, 0.25) is 0 Å². The molecule has 0 saturated heterocycles. The van der Waals surface area contributed by atoms with Crippen molar-refractivity contribution in [1.82, 2.24) is 4.90 Å². The summed E-state index contributed by atoms with van der Waals surface area (Å²) in [6.45, 7) is 11.5. The average Bonchev–Trinajstić information content (AvgIpc) is 2.34. The molecule has 1 heteroatoms. The Morgan fingerprint density at radius 3 is 2.21 bits per heavy atom. The van der Waals surface area contributed by atoms with E-state index >= 15 is 0 Å². The molecule has 3 rings (SSSR count). The van der Waals surface area contributed by atoms with Crippen LogP contribution in [0.1, 0.15) is 44.4 Å². The highest BCUT2D eigenvalue weighted by Crippen LogP contribution is 2.48. The first-order valence-corrected chi connectivity index (χ1v) is 7.04. The Bertz CT molecular complexity index is 665. The maximum atomic E-state index is 2.50. The molecule has 1 aliphatic heterocycles. The first-order chi connectivity index (χ1) is 8.76. The zero-order valence-electron chi connectivity index (χ0n) is 12.8. The van der Waals surface area contributed by atoms with Crippen molar-refractivity contribution in [2.24, 2.45) is 0 Å². The number of rotatable bonds is 0. The van der Waals surface area contributed by atoms with Gasteiger partial charge in [0.05, 0.1) is 0 Å². The highest BCUT2D eigenvalue weighted by molar-refractivity contribution is 5.92. The average molecular weight is 253 g/mol. The molecule has 0 aromatic heterocycles. The molecule has 0 saturated carbocycles. The summed E-state index contributed by atoms with van der Waals surface area (Å²) in [5, 5.41) is 2.84. The van der Waals surface area contributed by atoms with Gasteiger partial charge in [0.25, 0.3) is 0 Å². The van der Waals surface area contributed by atoms with Gasteiger partial charge in [0, 0.05) is 11.1 Å². The normalized spacial score (nSPS) is 20.7. The second kappa shape index (κ2) is 3.61. The molecule has 0 aliphatic carbocycles. The smallest absolute Gasteiger partial charge is 0.0416 e. The van der Waals surface area contributed by atoms with E-state index in [-0.39, 0.29) is 11.1 Å². The Morgan fingerprint density at radius 2 is 1.53 bits per heavy atom. The third-order valence-electron chi connectivity index (χ3n) is 5.12. The molecule has 0 atom stereocenters. The molecular formula is C18H23N. The van der Waals surface area contributed by atoms with Crippen LogP contribution >= 0.6 is 0 Å². The largest absolute Gasteiger partial charge is 0.288 e. The molecule has 0 bridgehead atoms. The number of hydrogen-bond acceptors (Lipinski definition) is 1. The SMILES string of the molecule is Cc1cc2c3c(cccc3c1)C(C)(C)N(C)C2(C)C. The Labute approximate surface area is 116 Å². The predicted molar refractivity (Wildman–Crippen MR) is 82.5 cm³/mol. The van der Waals surface area contributed by atoms with E-state index in [2.05, 4.69) is 76.9 Å². The highest BCUT2D eigenvalue weighted by atomic mass is 15.2. The van der Waals surface area contributed by atoms with Crippen molar-refractivity contribution in [2.75, 3.05) is 7.05 Å². The van der Waals surface area contributed by atoms with Gasteiger partial charge < -0.3 is 0 Å². The first kappa shape index (κ1) is 12.7. The lowest BCUT2D eigenvalue weighted by atomic mass is 9.74. The minimum absolute atomic E-state index is 0.0577. The number of hydrogen-bond donors (Lipinski definition) is 0. The van der Waals surface area contributed by atoms with Crippen molar-refractivity contribution in [2.45, 2.75) is 45.7 Å². The van der Waals surface area contributed by atoms with Crippen molar-refractivity contribution < 1.29 is 0 Å². The van der Waals surface area contributed by atoms with Gasteiger partial charge >= 0.3 is 0 Å². The van der Waals surface area contributed by atoms with Crippen molar-refractivity contribution in [1.29, 1.82) is 0 Å². The van der Waals surface area contributed by atoms with Gasteiger partial charge in [-0.2, -0.15) is 0 Å². The number of benzene rings is 2. The first-order valence-electron chi connectivity index (χ1n) is 7.04. The van der Waals surface area contributed by atoms with Gasteiger partial charge in [-0.3, -0.25) is 4.90 Å². The highest BCUT2D eigenvalue weighted by Gasteiger charge is 2.43. The predicted octanol–water partition coefficient (Wildman–Crippen LogP) is 4.56. The van der Waals surface area contributed by atoms with E-state index in [1.165, 1.54) is 27.5 Å². The second-order valence-electron chi connectivity index (χ2n) is 6.89. The molecule has 2 aromatic rings. The van der Waals surface area contributed by atoms with Gasteiger partial charge in [-0.25, -0.2) is 0 Å². The summed E-state index contributed by atoms with van der Waals surface area (Å²) in [6, 6.07) is 11.4. The van der Waals surface area contributed by atoms with Crippen molar-refractivity contribution in [3.8, 4) is 0 Å². The van der Waals surface area contributed by atoms with Gasteiger partial charge in [0.1, 0.15) is 0 Å². The zero-order chi connectivity index (χ0) is 14.0. The zero-order valence-corrected chi connectivity index (χ0v) is 12.8. The molecule has 1 heterocycles. The van der Waals surface area contributed by atoms with Crippen molar-refractivity contribution in [3.63, 3.8) is 0 Å². The monoisotopic (exact) mass is 253 g/mol. The molecule has 0 N–H and O–H groups in total. The summed E-state index contributed by atoms with van der Waals surface area (Å²) < 4.78 is 0. The summed E-state index contributed by atoms with van der Waals surface area (Å²) in [7, 11) is 2.24. The van der Waals surface area contributed by atoms with Crippen LogP contribution in [0.25, 0.3) is 10.8 Å². The maximum absolute atomic E-state index is 2.50. The lowest BCUT2D eigenvalue weighted by Gasteiger charge is -2.51. The minimum atomic E-state index is 0.0577. The molecule has 2 aromatic carbocycles. The van der Waals surface area contributed by atoms with Crippen LogP contribution in [0.3, 0.4) is 0 Å². The second-order valence-corrected chi connectivity index (χ2v) is 6.89. The van der Waals surface area contributed by atoms with Gasteiger partial charge in [-0.1, -0.05) is 35.9 Å². The quantitative estimate of drug-likeness (QED) is 0.665. The Kier molecular flexibility index (Phi) is 2.41. The number of aryl methyl sites for hydroxylation is 1. The molecule has 0 radical (unpaired) electrons. The third-order valence-corrected chi connectivity index (χ3v) is 5.12. The molecule has 0 unspecified atom stereocenters. The molecule has 19 heavy (non-hydrogen) atoms. The van der Waals surface area contributed by atoms with Crippen LogP contribution in [0.2, 0.25) is 0 Å². The molecule has 0 amide bonds. The van der Waals surface area contributed by atoms with Crippen molar-refractivity contribution >= 4 is 10.8 Å². The van der Waals surface area contributed by atoms with Crippen LogP contribution in [0.4, 0.5) is 0 Å². The molecule has 0 spiro atoms. The standard InChI is InChI=1S/C18H23N/c1-12-10-13-8-7-9-14-16(13)15(11-12)18(4,5)19(6)17(14,2)3/h7-11H,1-6H3. The number of nitrogens with zero attached hydrogens (tertiary/aromatic N) is 1. The van der Waals surface area contributed by atoms with E-state index in [9.17, 15) is 0 Å². The van der Waals surface area contributed by atoms with E-state index in [1.54, 1.807) is 0 Å². The molecule has 0 fully saturated rings. The molecular weight excluding hydrogens is 230 g/mol. The van der Waals surface area contributed by atoms with Crippen LogP contribution in [0.5, 0.6) is 0 Å². The summed E-state index contributed by atoms with van der Waals surface area (Å²) in [5.74, 6) is 0. The van der Waals surface area contributed by atoms with E-state index in [0.29, 0.717) is 0 Å². The van der Waals surface area contributed by atoms with Crippen LogP contribution in [0.15, 0.2) is 30.3 Å². The van der Waals surface area contributed by atoms with Crippen LogP contribution in [-0.4, -0.2) is 11.9 Å². The maximum Gasteiger partial charge on any atom is 0.0416 e. The van der Waals surface area contributed by atoms with Crippen LogP contribution in [-0.2, 0) is 11.1 Å². The summed E-state index contributed by atoms with van der Waals surface area (Å²) in [4.78, 5) is 2.50. The van der Waals surface area contributed by atoms with Crippen molar-refractivity contribution in [3.05, 3.63) is 47.0 Å². The topological polar surface area (TPSA) is 3.24 Å². The fourth-order valence-electron chi connectivity index (χ4n) is 3.63. The lowest BCUT2D eigenvalue weighted by Crippen LogP contribution is -2.52. The van der Waals surface area contributed by atoms with E-state index < -0.39 is 0 Å². The minimum Gasteiger partial charge on any atom is -0.288 e. The Balaban J connectivity index is 2.53. The van der Waals surface area contributed by atoms with Gasteiger partial charge in [-0.15, -0.1) is 0 Å². The fraction of sp³-hybridized carbons (Fsp3) is 0.444. The summed E-state index contributed by atoms with van der Waals surface area (Å²) >= 11 is 0. The molecule has 1 aliphatic rings. The summed E-state index contributed by atoms with van der Waals surface area (Å²) in [5.41, 5.74) is 4.37. The van der Waals surface area contributed by atoms with E-state index in [4.69, 9.17) is 0 Å². The molecule has 100 valence electrons. The Hall–Kier alpha value is -1.34. The van der Waals surface area contributed by atoms with Crippen LogP contribution in [0, 0.1) is 6.92 Å². The third kappa shape index (κ3) is 1.51. The fourth-order valence-corrected chi connectivity index (χ4v) is 3.63. The summed E-state index contributed by atoms with van der Waals surface area (Å²) in [6.07, 6.45) is 0. The van der Waals surface area contributed by atoms with Gasteiger partial charge in [-0.05, 0) is 63.6 Å². The van der Waals surface area contributed by atoms with E-state index in [1.807, 2.05) is 0 Å². The van der Waals surface area contributed by atoms with Crippen LogP contribution < -0.4 is 0 Å². The lowest BCUT2D eigenvalue weighted by molar-refractivity contribution is 0.0353. The van der Waals surface area contributed by atoms with Gasteiger partial charge in [0.15, 0.2) is 0 Å². The van der Waals surface area contributed by atoms with E-state index in [0.717, 1.165) is 0 Å². The molecule has 1 nitrogen and oxygen atoms in total.